The van der Waals surface area contributed by atoms with E-state index in [-0.39, 0.29) is 5.41 Å². The number of hydrogen-bond acceptors (Lipinski definition) is 4. The summed E-state index contributed by atoms with van der Waals surface area (Å²) in [4.78, 5) is 17.3. The van der Waals surface area contributed by atoms with E-state index >= 15 is 0 Å². The minimum atomic E-state index is 0.00236. The van der Waals surface area contributed by atoms with E-state index in [2.05, 4.69) is 47.6 Å². The molecule has 0 aromatic carbocycles. The Labute approximate surface area is 95.2 Å². The Bertz CT molecular complexity index is 514. The van der Waals surface area contributed by atoms with E-state index in [1.54, 1.807) is 6.20 Å². The molecule has 2 aromatic heterocycles. The van der Waals surface area contributed by atoms with Crippen molar-refractivity contribution in [2.24, 2.45) is 0 Å². The van der Waals surface area contributed by atoms with Crippen molar-refractivity contribution in [3.63, 3.8) is 0 Å². The lowest BCUT2D eigenvalue weighted by molar-refractivity contribution is 0.559. The third-order valence-corrected chi connectivity index (χ3v) is 2.46. The van der Waals surface area contributed by atoms with E-state index in [9.17, 15) is 0 Å². The van der Waals surface area contributed by atoms with Crippen LogP contribution in [0.25, 0.3) is 11.2 Å². The number of hydrogen-bond donors (Lipinski definition) is 0. The van der Waals surface area contributed by atoms with Crippen LogP contribution in [-0.4, -0.2) is 19.9 Å². The molecule has 0 radical (unpaired) electrons. The summed E-state index contributed by atoms with van der Waals surface area (Å²) in [6.45, 7) is 8.52. The van der Waals surface area contributed by atoms with Gasteiger partial charge in [-0.25, -0.2) is 19.9 Å². The number of fused-ring (bicyclic) bond motifs is 1. The van der Waals surface area contributed by atoms with Gasteiger partial charge in [-0.1, -0.05) is 27.7 Å². The topological polar surface area (TPSA) is 51.6 Å². The first kappa shape index (κ1) is 10.9. The van der Waals surface area contributed by atoms with Gasteiger partial charge in [-0.05, 0) is 6.42 Å². The maximum Gasteiger partial charge on any atom is 0.181 e. The van der Waals surface area contributed by atoms with Crippen molar-refractivity contribution in [1.82, 2.24) is 19.9 Å². The highest BCUT2D eigenvalue weighted by molar-refractivity contribution is 5.68. The molecule has 0 saturated carbocycles. The summed E-state index contributed by atoms with van der Waals surface area (Å²) in [5.74, 6) is 0. The summed E-state index contributed by atoms with van der Waals surface area (Å²) >= 11 is 0. The molecule has 0 bridgehead atoms. The molecule has 0 N–H and O–H groups in total. The van der Waals surface area contributed by atoms with Crippen LogP contribution in [0.5, 0.6) is 0 Å². The number of rotatable bonds is 1. The van der Waals surface area contributed by atoms with Gasteiger partial charge < -0.3 is 0 Å². The van der Waals surface area contributed by atoms with Crippen LogP contribution in [0.15, 0.2) is 12.5 Å². The molecule has 0 aliphatic carbocycles. The molecule has 0 aliphatic heterocycles. The van der Waals surface area contributed by atoms with Crippen molar-refractivity contribution in [2.45, 2.75) is 39.5 Å². The average molecular weight is 216 g/mol. The van der Waals surface area contributed by atoms with E-state index in [1.807, 2.05) is 0 Å². The van der Waals surface area contributed by atoms with Crippen LogP contribution in [-0.2, 0) is 11.8 Å². The predicted molar refractivity (Wildman–Crippen MR) is 63.2 cm³/mol. The summed E-state index contributed by atoms with van der Waals surface area (Å²) in [6.07, 6.45) is 4.09. The van der Waals surface area contributed by atoms with E-state index in [0.29, 0.717) is 5.65 Å². The summed E-state index contributed by atoms with van der Waals surface area (Å²) in [6, 6.07) is 0. The van der Waals surface area contributed by atoms with Crippen LogP contribution in [0.3, 0.4) is 0 Å². The zero-order valence-corrected chi connectivity index (χ0v) is 10.2. The second-order valence-corrected chi connectivity index (χ2v) is 4.85. The molecular formula is C12H16N4. The molecule has 0 spiro atoms. The van der Waals surface area contributed by atoms with E-state index in [1.165, 1.54) is 6.33 Å². The van der Waals surface area contributed by atoms with Crippen molar-refractivity contribution in [1.29, 1.82) is 0 Å². The lowest BCUT2D eigenvalue weighted by atomic mass is 9.89. The summed E-state index contributed by atoms with van der Waals surface area (Å²) in [7, 11) is 0. The van der Waals surface area contributed by atoms with E-state index in [0.717, 1.165) is 23.3 Å². The van der Waals surface area contributed by atoms with Gasteiger partial charge in [0.1, 0.15) is 11.8 Å². The zero-order valence-electron chi connectivity index (χ0n) is 10.2. The van der Waals surface area contributed by atoms with Crippen molar-refractivity contribution >= 4 is 11.2 Å². The van der Waals surface area contributed by atoms with Crippen LogP contribution >= 0.6 is 0 Å². The molecule has 0 fully saturated rings. The quantitative estimate of drug-likeness (QED) is 0.733. The molecule has 2 aromatic rings. The average Bonchev–Trinajstić information content (AvgIpc) is 2.26. The van der Waals surface area contributed by atoms with Crippen LogP contribution in [0, 0.1) is 0 Å². The van der Waals surface area contributed by atoms with Crippen LogP contribution in [0.2, 0.25) is 0 Å². The molecule has 0 saturated heterocycles. The third kappa shape index (κ3) is 1.87. The zero-order chi connectivity index (χ0) is 11.8. The summed E-state index contributed by atoms with van der Waals surface area (Å²) in [5, 5.41) is 0. The monoisotopic (exact) mass is 216 g/mol. The van der Waals surface area contributed by atoms with Crippen LogP contribution < -0.4 is 0 Å². The maximum atomic E-state index is 4.63. The Morgan fingerprint density at radius 2 is 1.94 bits per heavy atom. The number of aromatic nitrogens is 4. The van der Waals surface area contributed by atoms with Gasteiger partial charge in [0.25, 0.3) is 0 Å². The molecule has 0 unspecified atom stereocenters. The Hall–Kier alpha value is -1.58. The summed E-state index contributed by atoms with van der Waals surface area (Å²) < 4.78 is 0. The van der Waals surface area contributed by atoms with E-state index < -0.39 is 0 Å². The first-order chi connectivity index (χ1) is 7.52. The Morgan fingerprint density at radius 3 is 2.56 bits per heavy atom. The third-order valence-electron chi connectivity index (χ3n) is 2.46. The van der Waals surface area contributed by atoms with Crippen LogP contribution in [0.1, 0.15) is 39.1 Å². The largest absolute Gasteiger partial charge is 0.245 e. The molecule has 84 valence electrons. The Balaban J connectivity index is 2.73. The molecule has 0 aliphatic rings. The van der Waals surface area contributed by atoms with Gasteiger partial charge in [0, 0.05) is 5.41 Å². The number of aryl methyl sites for hydroxylation is 1. The van der Waals surface area contributed by atoms with Gasteiger partial charge in [0.05, 0.1) is 17.6 Å². The highest BCUT2D eigenvalue weighted by Crippen LogP contribution is 2.24. The molecular weight excluding hydrogens is 200 g/mol. The lowest BCUT2D eigenvalue weighted by Crippen LogP contribution is -2.18. The highest BCUT2D eigenvalue weighted by Gasteiger charge is 2.21. The maximum absolute atomic E-state index is 4.63. The fraction of sp³-hybridized carbons (Fsp3) is 0.500. The SMILES string of the molecule is CCc1nc2ncncc2nc1C(C)(C)C. The molecule has 4 heteroatoms. The molecule has 0 amide bonds. The fourth-order valence-electron chi connectivity index (χ4n) is 1.69. The standard InChI is InChI=1S/C12H16N4/c1-5-8-10(12(2,3)4)15-9-6-13-7-14-11(9)16-8/h6-7H,5H2,1-4H3. The van der Waals surface area contributed by atoms with Gasteiger partial charge in [-0.2, -0.15) is 0 Å². The smallest absolute Gasteiger partial charge is 0.181 e. The normalized spacial score (nSPS) is 12.0. The molecule has 2 rings (SSSR count). The van der Waals surface area contributed by atoms with Gasteiger partial charge in [0.15, 0.2) is 5.65 Å². The van der Waals surface area contributed by atoms with Gasteiger partial charge in [-0.3, -0.25) is 0 Å². The van der Waals surface area contributed by atoms with Gasteiger partial charge in [0.2, 0.25) is 0 Å². The summed E-state index contributed by atoms with van der Waals surface area (Å²) in [5.41, 5.74) is 3.52. The number of nitrogens with zero attached hydrogens (tertiary/aromatic N) is 4. The van der Waals surface area contributed by atoms with Crippen molar-refractivity contribution in [3.8, 4) is 0 Å². The van der Waals surface area contributed by atoms with Gasteiger partial charge >= 0.3 is 0 Å². The first-order valence-electron chi connectivity index (χ1n) is 5.49. The molecule has 16 heavy (non-hydrogen) atoms. The molecule has 4 nitrogen and oxygen atoms in total. The van der Waals surface area contributed by atoms with Gasteiger partial charge in [-0.15, -0.1) is 0 Å². The minimum Gasteiger partial charge on any atom is -0.245 e. The second-order valence-electron chi connectivity index (χ2n) is 4.85. The first-order valence-corrected chi connectivity index (χ1v) is 5.49. The van der Waals surface area contributed by atoms with Crippen LogP contribution in [0.4, 0.5) is 0 Å². The minimum absolute atomic E-state index is 0.00236. The van der Waals surface area contributed by atoms with Crippen molar-refractivity contribution in [3.05, 3.63) is 23.9 Å². The molecule has 0 atom stereocenters. The van der Waals surface area contributed by atoms with E-state index in [4.69, 9.17) is 0 Å². The molecule has 2 heterocycles. The second kappa shape index (κ2) is 3.77. The van der Waals surface area contributed by atoms with Crippen molar-refractivity contribution in [2.75, 3.05) is 0 Å². The predicted octanol–water partition coefficient (Wildman–Crippen LogP) is 2.28. The highest BCUT2D eigenvalue weighted by atomic mass is 15.0. The Morgan fingerprint density at radius 1 is 1.19 bits per heavy atom. The lowest BCUT2D eigenvalue weighted by Gasteiger charge is -2.20. The fourth-order valence-corrected chi connectivity index (χ4v) is 1.69. The van der Waals surface area contributed by atoms with Crippen molar-refractivity contribution < 1.29 is 0 Å². The Kier molecular flexibility index (Phi) is 2.58.